The highest BCUT2D eigenvalue weighted by Crippen LogP contribution is 2.32. The molecular weight excluding hydrogens is 342 g/mol. The molecule has 0 saturated heterocycles. The van der Waals surface area contributed by atoms with Crippen molar-refractivity contribution in [3.8, 4) is 0 Å². The first kappa shape index (κ1) is 17.2. The Bertz CT molecular complexity index is 782. The fourth-order valence-corrected chi connectivity index (χ4v) is 3.81. The lowest BCUT2D eigenvalue weighted by Gasteiger charge is -2.16. The zero-order valence-corrected chi connectivity index (χ0v) is 14.6. The van der Waals surface area contributed by atoms with Crippen LogP contribution in [0.4, 0.5) is 0 Å². The van der Waals surface area contributed by atoms with Gasteiger partial charge in [0.15, 0.2) is 5.76 Å². The Labute approximate surface area is 148 Å². The fourth-order valence-electron chi connectivity index (χ4n) is 2.71. The van der Waals surface area contributed by atoms with Gasteiger partial charge in [0.25, 0.3) is 17.7 Å². The lowest BCUT2D eigenvalue weighted by atomic mass is 9.90. The maximum absolute atomic E-state index is 12.2. The molecule has 0 radical (unpaired) electrons. The van der Waals surface area contributed by atoms with E-state index in [2.05, 4.69) is 23.1 Å². The smallest absolute Gasteiger partial charge is 0.287 e. The third-order valence-corrected chi connectivity index (χ3v) is 5.26. The van der Waals surface area contributed by atoms with Crippen LogP contribution in [0.25, 0.3) is 0 Å². The van der Waals surface area contributed by atoms with E-state index >= 15 is 0 Å². The molecule has 25 heavy (non-hydrogen) atoms. The van der Waals surface area contributed by atoms with Crippen LogP contribution in [0.5, 0.6) is 0 Å². The predicted octanol–water partition coefficient (Wildman–Crippen LogP) is 1.66. The first-order valence-corrected chi connectivity index (χ1v) is 8.87. The molecule has 0 spiro atoms. The third-order valence-electron chi connectivity index (χ3n) is 4.02. The van der Waals surface area contributed by atoms with Gasteiger partial charge in [-0.15, -0.1) is 11.3 Å². The van der Waals surface area contributed by atoms with E-state index in [4.69, 9.17) is 4.42 Å². The van der Waals surface area contributed by atoms with E-state index in [0.29, 0.717) is 10.8 Å². The van der Waals surface area contributed by atoms with Crippen LogP contribution >= 0.6 is 11.3 Å². The van der Waals surface area contributed by atoms with Gasteiger partial charge < -0.3 is 9.73 Å². The van der Waals surface area contributed by atoms with Crippen molar-refractivity contribution in [3.05, 3.63) is 45.5 Å². The van der Waals surface area contributed by atoms with E-state index in [1.807, 2.05) is 6.07 Å². The monoisotopic (exact) mass is 361 g/mol. The Hall–Kier alpha value is -2.61. The molecule has 0 unspecified atom stereocenters. The minimum absolute atomic E-state index is 0.121. The molecule has 132 valence electrons. The van der Waals surface area contributed by atoms with Gasteiger partial charge in [-0.1, -0.05) is 6.92 Å². The Kier molecular flexibility index (Phi) is 5.18. The van der Waals surface area contributed by atoms with Crippen molar-refractivity contribution in [1.29, 1.82) is 0 Å². The fraction of sp³-hybridized carbons (Fsp3) is 0.353. The van der Waals surface area contributed by atoms with Gasteiger partial charge in [0.1, 0.15) is 0 Å². The lowest BCUT2D eigenvalue weighted by Crippen LogP contribution is -2.46. The molecule has 3 rings (SSSR count). The number of hydrogen-bond acceptors (Lipinski definition) is 5. The average Bonchev–Trinajstić information content (AvgIpc) is 3.26. The maximum Gasteiger partial charge on any atom is 0.287 e. The Balaban J connectivity index is 1.46. The molecule has 0 aliphatic heterocycles. The van der Waals surface area contributed by atoms with E-state index < -0.39 is 11.8 Å². The summed E-state index contributed by atoms with van der Waals surface area (Å²) in [5.74, 6) is -0.613. The van der Waals surface area contributed by atoms with E-state index in [9.17, 15) is 14.4 Å². The standard InChI is InChI=1S/C17H19N3O4S/c1-10-4-5-13-11(7-10)8-14(25-13)17(23)20-19-15(21)9-18-16(22)12-3-2-6-24-12/h2-3,6,8,10H,4-5,7,9H2,1H3,(H,18,22)(H,19,21)(H,20,23)/t10-/m1/s1. The molecule has 0 bridgehead atoms. The molecule has 1 atom stereocenters. The van der Waals surface area contributed by atoms with Crippen molar-refractivity contribution in [3.63, 3.8) is 0 Å². The van der Waals surface area contributed by atoms with E-state index in [1.54, 1.807) is 6.07 Å². The summed E-state index contributed by atoms with van der Waals surface area (Å²) < 4.78 is 4.92. The number of furan rings is 1. The summed E-state index contributed by atoms with van der Waals surface area (Å²) in [6.07, 6.45) is 4.50. The average molecular weight is 361 g/mol. The van der Waals surface area contributed by atoms with Crippen LogP contribution in [0.15, 0.2) is 28.9 Å². The SMILES string of the molecule is C[C@@H]1CCc2sc(C(=O)NNC(=O)CNC(=O)c3ccco3)cc2C1. The molecule has 7 nitrogen and oxygen atoms in total. The molecule has 3 N–H and O–H groups in total. The van der Waals surface area contributed by atoms with Gasteiger partial charge in [0.05, 0.1) is 17.7 Å². The molecule has 1 aliphatic carbocycles. The second-order valence-electron chi connectivity index (χ2n) is 6.07. The number of hydrogen-bond donors (Lipinski definition) is 3. The van der Waals surface area contributed by atoms with Crippen molar-refractivity contribution < 1.29 is 18.8 Å². The van der Waals surface area contributed by atoms with Crippen LogP contribution in [0.3, 0.4) is 0 Å². The summed E-state index contributed by atoms with van der Waals surface area (Å²) in [5, 5.41) is 2.40. The topological polar surface area (TPSA) is 100 Å². The largest absolute Gasteiger partial charge is 0.459 e. The van der Waals surface area contributed by atoms with Gasteiger partial charge in [-0.2, -0.15) is 0 Å². The van der Waals surface area contributed by atoms with Crippen molar-refractivity contribution in [2.75, 3.05) is 6.54 Å². The van der Waals surface area contributed by atoms with Gasteiger partial charge in [-0.05, 0) is 48.9 Å². The highest BCUT2D eigenvalue weighted by atomic mass is 32.1. The predicted molar refractivity (Wildman–Crippen MR) is 92.2 cm³/mol. The molecule has 1 aliphatic rings. The first-order valence-electron chi connectivity index (χ1n) is 8.05. The van der Waals surface area contributed by atoms with Crippen LogP contribution in [0.1, 0.15) is 44.0 Å². The molecule has 2 aromatic rings. The van der Waals surface area contributed by atoms with Crippen LogP contribution in [-0.2, 0) is 17.6 Å². The van der Waals surface area contributed by atoms with E-state index in [1.165, 1.54) is 34.1 Å². The van der Waals surface area contributed by atoms with Crippen molar-refractivity contribution in [1.82, 2.24) is 16.2 Å². The second-order valence-corrected chi connectivity index (χ2v) is 7.21. The number of fused-ring (bicyclic) bond motifs is 1. The molecule has 2 heterocycles. The highest BCUT2D eigenvalue weighted by Gasteiger charge is 2.21. The number of thiophene rings is 1. The minimum Gasteiger partial charge on any atom is -0.459 e. The summed E-state index contributed by atoms with van der Waals surface area (Å²) >= 11 is 1.47. The molecular formula is C17H19N3O4S. The number of hydrazine groups is 1. The van der Waals surface area contributed by atoms with Gasteiger partial charge >= 0.3 is 0 Å². The van der Waals surface area contributed by atoms with Crippen LogP contribution in [0, 0.1) is 5.92 Å². The number of carbonyl (C=O) groups excluding carboxylic acids is 3. The molecule has 2 aromatic heterocycles. The number of amides is 3. The van der Waals surface area contributed by atoms with Gasteiger partial charge in [0.2, 0.25) is 0 Å². The number of carbonyl (C=O) groups is 3. The van der Waals surface area contributed by atoms with Gasteiger partial charge in [-0.3, -0.25) is 25.2 Å². The maximum atomic E-state index is 12.2. The molecule has 0 aromatic carbocycles. The molecule has 0 fully saturated rings. The number of rotatable bonds is 4. The summed E-state index contributed by atoms with van der Waals surface area (Å²) in [6, 6.07) is 4.97. The van der Waals surface area contributed by atoms with Crippen molar-refractivity contribution in [2.45, 2.75) is 26.2 Å². The lowest BCUT2D eigenvalue weighted by molar-refractivity contribution is -0.120. The minimum atomic E-state index is -0.525. The Morgan fingerprint density at radius 1 is 1.28 bits per heavy atom. The summed E-state index contributed by atoms with van der Waals surface area (Å²) in [5.41, 5.74) is 5.90. The highest BCUT2D eigenvalue weighted by molar-refractivity contribution is 7.14. The Morgan fingerprint density at radius 3 is 2.88 bits per heavy atom. The quantitative estimate of drug-likeness (QED) is 0.721. The number of nitrogens with one attached hydrogen (secondary N) is 3. The van der Waals surface area contributed by atoms with E-state index in [0.717, 1.165) is 19.3 Å². The van der Waals surface area contributed by atoms with Crippen LogP contribution in [-0.4, -0.2) is 24.3 Å². The second kappa shape index (κ2) is 7.52. The van der Waals surface area contributed by atoms with Crippen LogP contribution < -0.4 is 16.2 Å². The zero-order valence-electron chi connectivity index (χ0n) is 13.8. The third kappa shape index (κ3) is 4.27. The van der Waals surface area contributed by atoms with Crippen molar-refractivity contribution in [2.24, 2.45) is 5.92 Å². The van der Waals surface area contributed by atoms with Gasteiger partial charge in [-0.25, -0.2) is 0 Å². The summed E-state index contributed by atoms with van der Waals surface area (Å²) in [6.45, 7) is 1.94. The van der Waals surface area contributed by atoms with Crippen LogP contribution in [0.2, 0.25) is 0 Å². The summed E-state index contributed by atoms with van der Waals surface area (Å²) in [4.78, 5) is 37.3. The molecule has 3 amide bonds. The Morgan fingerprint density at radius 2 is 2.12 bits per heavy atom. The first-order chi connectivity index (χ1) is 12.0. The molecule has 8 heteroatoms. The zero-order chi connectivity index (χ0) is 17.8. The normalized spacial score (nSPS) is 16.0. The van der Waals surface area contributed by atoms with Gasteiger partial charge in [0, 0.05) is 4.88 Å². The van der Waals surface area contributed by atoms with E-state index in [-0.39, 0.29) is 18.2 Å². The summed E-state index contributed by atoms with van der Waals surface area (Å²) in [7, 11) is 0. The molecule has 0 saturated carbocycles. The number of aryl methyl sites for hydroxylation is 1. The van der Waals surface area contributed by atoms with Crippen molar-refractivity contribution >= 4 is 29.1 Å².